The molecule has 1 aliphatic rings. The molecule has 1 saturated heterocycles. The third kappa shape index (κ3) is 2.22. The molecule has 6 N–H and O–H groups in total. The Kier molecular flexibility index (Phi) is 4.24. The van der Waals surface area contributed by atoms with Gasteiger partial charge in [0.15, 0.2) is 0 Å². The second-order valence-corrected chi connectivity index (χ2v) is 3.44. The van der Waals surface area contributed by atoms with E-state index >= 15 is 0 Å². The van der Waals surface area contributed by atoms with Crippen molar-refractivity contribution < 1.29 is 25.2 Å². The van der Waals surface area contributed by atoms with E-state index in [-0.39, 0.29) is 0 Å². The number of hydrogen-bond donors (Lipinski definition) is 5. The van der Waals surface area contributed by atoms with Crippen molar-refractivity contribution in [2.24, 2.45) is 5.73 Å². The van der Waals surface area contributed by atoms with Crippen molar-refractivity contribution in [3.8, 4) is 0 Å². The van der Waals surface area contributed by atoms with Gasteiger partial charge in [-0.2, -0.15) is 0 Å². The monoisotopic (exact) mass is 207 g/mol. The number of aliphatic hydroxyl groups excluding tert-OH is 4. The van der Waals surface area contributed by atoms with Crippen molar-refractivity contribution in [1.29, 1.82) is 0 Å². The van der Waals surface area contributed by atoms with E-state index in [1.807, 2.05) is 0 Å². The molecule has 5 atom stereocenters. The van der Waals surface area contributed by atoms with Gasteiger partial charge in [0.25, 0.3) is 0 Å². The van der Waals surface area contributed by atoms with Gasteiger partial charge >= 0.3 is 0 Å². The van der Waals surface area contributed by atoms with E-state index in [1.54, 1.807) is 0 Å². The summed E-state index contributed by atoms with van der Waals surface area (Å²) in [6, 6.07) is 0. The van der Waals surface area contributed by atoms with Crippen molar-refractivity contribution in [2.45, 2.75) is 36.9 Å². The summed E-state index contributed by atoms with van der Waals surface area (Å²) in [6.07, 6.45) is -4.82. The molecule has 1 rings (SSSR count). The summed E-state index contributed by atoms with van der Waals surface area (Å²) in [5.41, 5.74) is 5.29. The van der Waals surface area contributed by atoms with Crippen LogP contribution in [0.1, 0.15) is 6.42 Å². The zero-order valence-electron chi connectivity index (χ0n) is 7.78. The summed E-state index contributed by atoms with van der Waals surface area (Å²) in [5.74, 6) is 0. The fraction of sp³-hybridized carbons (Fsp3) is 1.00. The van der Waals surface area contributed by atoms with E-state index in [9.17, 15) is 15.3 Å². The minimum Gasteiger partial charge on any atom is -0.394 e. The first kappa shape index (κ1) is 11.8. The topological polar surface area (TPSA) is 116 Å². The molecule has 0 spiro atoms. The minimum absolute atomic E-state index is 0.308. The van der Waals surface area contributed by atoms with Crippen molar-refractivity contribution >= 4 is 0 Å². The highest BCUT2D eigenvalue weighted by Crippen LogP contribution is 2.22. The lowest BCUT2D eigenvalue weighted by molar-refractivity contribution is -0.229. The molecule has 1 heterocycles. The highest BCUT2D eigenvalue weighted by Gasteiger charge is 2.42. The molecule has 84 valence electrons. The van der Waals surface area contributed by atoms with Gasteiger partial charge in [0.05, 0.1) is 12.7 Å². The normalized spacial score (nSPS) is 43.9. The minimum atomic E-state index is -1.29. The standard InChI is InChI=1S/C8H17NO5/c9-2-1-4-6(11)8(13)7(12)5(3-10)14-4/h4-8,10-13H,1-3,9H2/t4?,5-,6+,7-,8-/m1/s1. The molecule has 0 aromatic rings. The van der Waals surface area contributed by atoms with Crippen LogP contribution in [0, 0.1) is 0 Å². The van der Waals surface area contributed by atoms with Crippen LogP contribution in [-0.4, -0.2) is 64.1 Å². The van der Waals surface area contributed by atoms with Crippen LogP contribution in [0.2, 0.25) is 0 Å². The molecular weight excluding hydrogens is 190 g/mol. The van der Waals surface area contributed by atoms with Gasteiger partial charge in [-0.05, 0) is 13.0 Å². The maximum absolute atomic E-state index is 9.48. The summed E-state index contributed by atoms with van der Waals surface area (Å²) in [6.45, 7) is -0.0886. The lowest BCUT2D eigenvalue weighted by atomic mass is 9.94. The molecule has 0 amide bonds. The Balaban J connectivity index is 2.63. The zero-order valence-corrected chi connectivity index (χ0v) is 7.78. The Morgan fingerprint density at radius 1 is 1.00 bits per heavy atom. The maximum atomic E-state index is 9.48. The van der Waals surface area contributed by atoms with Gasteiger partial charge in [0.1, 0.15) is 24.4 Å². The van der Waals surface area contributed by atoms with Gasteiger partial charge in [-0.1, -0.05) is 0 Å². The Morgan fingerprint density at radius 2 is 1.57 bits per heavy atom. The largest absolute Gasteiger partial charge is 0.394 e. The van der Waals surface area contributed by atoms with Gasteiger partial charge < -0.3 is 30.9 Å². The van der Waals surface area contributed by atoms with Crippen LogP contribution in [0.3, 0.4) is 0 Å². The highest BCUT2D eigenvalue weighted by molar-refractivity contribution is 4.91. The molecule has 1 aliphatic heterocycles. The van der Waals surface area contributed by atoms with Crippen molar-refractivity contribution in [2.75, 3.05) is 13.2 Å². The van der Waals surface area contributed by atoms with Gasteiger partial charge in [0.2, 0.25) is 0 Å². The zero-order chi connectivity index (χ0) is 10.7. The smallest absolute Gasteiger partial charge is 0.111 e. The van der Waals surface area contributed by atoms with Crippen LogP contribution >= 0.6 is 0 Å². The number of ether oxygens (including phenoxy) is 1. The van der Waals surface area contributed by atoms with Gasteiger partial charge in [-0.25, -0.2) is 0 Å². The van der Waals surface area contributed by atoms with Gasteiger partial charge in [-0.15, -0.1) is 0 Å². The molecule has 1 unspecified atom stereocenters. The van der Waals surface area contributed by atoms with Crippen molar-refractivity contribution in [1.82, 2.24) is 0 Å². The van der Waals surface area contributed by atoms with Crippen LogP contribution in [0.25, 0.3) is 0 Å². The van der Waals surface area contributed by atoms with Gasteiger partial charge in [-0.3, -0.25) is 0 Å². The van der Waals surface area contributed by atoms with Crippen LogP contribution in [0.5, 0.6) is 0 Å². The van der Waals surface area contributed by atoms with E-state index in [4.69, 9.17) is 15.6 Å². The molecular formula is C8H17NO5. The number of hydrogen-bond acceptors (Lipinski definition) is 6. The molecule has 1 fully saturated rings. The SMILES string of the molecule is NCCC1O[C@H](CO)[C@@H](O)[C@H](O)[C@H]1O. The van der Waals surface area contributed by atoms with Crippen LogP contribution in [-0.2, 0) is 4.74 Å². The fourth-order valence-corrected chi connectivity index (χ4v) is 1.58. The molecule has 0 aliphatic carbocycles. The fourth-order valence-electron chi connectivity index (χ4n) is 1.58. The average Bonchev–Trinajstić information content (AvgIpc) is 2.19. The Morgan fingerprint density at radius 3 is 2.07 bits per heavy atom. The molecule has 0 radical (unpaired) electrons. The van der Waals surface area contributed by atoms with Crippen LogP contribution < -0.4 is 5.73 Å². The predicted octanol–water partition coefficient (Wildman–Crippen LogP) is -2.82. The Labute approximate surface area is 81.9 Å². The molecule has 0 saturated carbocycles. The maximum Gasteiger partial charge on any atom is 0.111 e. The molecule has 0 aromatic carbocycles. The van der Waals surface area contributed by atoms with Crippen LogP contribution in [0.15, 0.2) is 0 Å². The summed E-state index contributed by atoms with van der Waals surface area (Å²) in [4.78, 5) is 0. The average molecular weight is 207 g/mol. The summed E-state index contributed by atoms with van der Waals surface area (Å²) < 4.78 is 5.18. The van der Waals surface area contributed by atoms with E-state index in [2.05, 4.69) is 0 Å². The summed E-state index contributed by atoms with van der Waals surface area (Å²) in [5, 5.41) is 37.1. The highest BCUT2D eigenvalue weighted by atomic mass is 16.5. The first-order chi connectivity index (χ1) is 6.61. The Hall–Kier alpha value is -0.240. The van der Waals surface area contributed by atoms with Crippen LogP contribution in [0.4, 0.5) is 0 Å². The molecule has 14 heavy (non-hydrogen) atoms. The molecule has 6 nitrogen and oxygen atoms in total. The summed E-state index contributed by atoms with van der Waals surface area (Å²) in [7, 11) is 0. The lowest BCUT2D eigenvalue weighted by Crippen LogP contribution is -2.58. The first-order valence-corrected chi connectivity index (χ1v) is 4.62. The Bertz CT molecular complexity index is 175. The third-order valence-electron chi connectivity index (χ3n) is 2.44. The van der Waals surface area contributed by atoms with Crippen molar-refractivity contribution in [3.05, 3.63) is 0 Å². The van der Waals surface area contributed by atoms with E-state index < -0.39 is 37.1 Å². The summed E-state index contributed by atoms with van der Waals surface area (Å²) >= 11 is 0. The first-order valence-electron chi connectivity index (χ1n) is 4.62. The van der Waals surface area contributed by atoms with E-state index in [0.29, 0.717) is 13.0 Å². The van der Waals surface area contributed by atoms with Gasteiger partial charge in [0, 0.05) is 0 Å². The van der Waals surface area contributed by atoms with E-state index in [0.717, 1.165) is 0 Å². The lowest BCUT2D eigenvalue weighted by Gasteiger charge is -2.40. The predicted molar refractivity (Wildman–Crippen MR) is 47.4 cm³/mol. The van der Waals surface area contributed by atoms with Crippen molar-refractivity contribution in [3.63, 3.8) is 0 Å². The molecule has 0 aromatic heterocycles. The number of aliphatic hydroxyl groups is 4. The molecule has 0 bridgehead atoms. The van der Waals surface area contributed by atoms with E-state index in [1.165, 1.54) is 0 Å². The number of nitrogens with two attached hydrogens (primary N) is 1. The molecule has 6 heteroatoms. The third-order valence-corrected chi connectivity index (χ3v) is 2.44. The second-order valence-electron chi connectivity index (χ2n) is 3.44. The second kappa shape index (κ2) is 5.01. The quantitative estimate of drug-likeness (QED) is 0.341. The number of rotatable bonds is 3.